The lowest BCUT2D eigenvalue weighted by Crippen LogP contribution is -2.45. The van der Waals surface area contributed by atoms with Crippen LogP contribution in [-0.2, 0) is 4.74 Å². The molecule has 0 aromatic carbocycles. The Balaban J connectivity index is 1.86. The van der Waals surface area contributed by atoms with Gasteiger partial charge in [0.2, 0.25) is 0 Å². The van der Waals surface area contributed by atoms with Crippen LogP contribution in [0.1, 0.15) is 47.5 Å². The predicted molar refractivity (Wildman–Crippen MR) is 89.6 cm³/mol. The topological polar surface area (TPSA) is 24.5 Å². The molecule has 3 nitrogen and oxygen atoms in total. The zero-order valence-corrected chi connectivity index (χ0v) is 14.9. The minimum absolute atomic E-state index is 0.349. The summed E-state index contributed by atoms with van der Waals surface area (Å²) in [6, 6.07) is 0. The lowest BCUT2D eigenvalue weighted by Gasteiger charge is -2.34. The summed E-state index contributed by atoms with van der Waals surface area (Å²) in [6.07, 6.45) is 2.58. The Bertz CT molecular complexity index is 316. The number of ether oxygens (including phenoxy) is 1. The quantitative estimate of drug-likeness (QED) is 0.815. The molecular formula is C18H36N2O. The highest BCUT2D eigenvalue weighted by molar-refractivity contribution is 4.92. The second-order valence-electron chi connectivity index (χ2n) is 8.91. The van der Waals surface area contributed by atoms with E-state index < -0.39 is 0 Å². The Hall–Kier alpha value is -0.120. The lowest BCUT2D eigenvalue weighted by atomic mass is 9.80. The second-order valence-corrected chi connectivity index (χ2v) is 8.91. The van der Waals surface area contributed by atoms with Gasteiger partial charge in [0.15, 0.2) is 0 Å². The van der Waals surface area contributed by atoms with Crippen molar-refractivity contribution in [3.05, 3.63) is 0 Å². The van der Waals surface area contributed by atoms with Crippen LogP contribution in [0.3, 0.4) is 0 Å². The molecule has 0 aliphatic carbocycles. The van der Waals surface area contributed by atoms with Crippen molar-refractivity contribution in [2.24, 2.45) is 22.7 Å². The third kappa shape index (κ3) is 4.94. The van der Waals surface area contributed by atoms with Gasteiger partial charge in [-0.3, -0.25) is 0 Å². The maximum absolute atomic E-state index is 5.76. The Morgan fingerprint density at radius 1 is 1.33 bits per heavy atom. The van der Waals surface area contributed by atoms with E-state index in [4.69, 9.17) is 4.74 Å². The fourth-order valence-electron chi connectivity index (χ4n) is 3.75. The molecule has 2 fully saturated rings. The van der Waals surface area contributed by atoms with E-state index in [9.17, 15) is 0 Å². The van der Waals surface area contributed by atoms with Gasteiger partial charge in [-0.15, -0.1) is 0 Å². The summed E-state index contributed by atoms with van der Waals surface area (Å²) < 4.78 is 5.76. The molecule has 1 N–H and O–H groups in total. The van der Waals surface area contributed by atoms with E-state index in [1.54, 1.807) is 0 Å². The Labute approximate surface area is 131 Å². The fraction of sp³-hybridized carbons (Fsp3) is 1.00. The van der Waals surface area contributed by atoms with E-state index in [0.717, 1.165) is 38.1 Å². The van der Waals surface area contributed by atoms with Crippen LogP contribution in [0.4, 0.5) is 0 Å². The highest BCUT2D eigenvalue weighted by atomic mass is 16.5. The van der Waals surface area contributed by atoms with Crippen LogP contribution in [0.25, 0.3) is 0 Å². The summed E-state index contributed by atoms with van der Waals surface area (Å²) in [5, 5.41) is 3.68. The van der Waals surface area contributed by atoms with Crippen LogP contribution >= 0.6 is 0 Å². The molecular weight excluding hydrogens is 260 g/mol. The summed E-state index contributed by atoms with van der Waals surface area (Å²) in [4.78, 5) is 2.70. The van der Waals surface area contributed by atoms with Crippen molar-refractivity contribution in [3.8, 4) is 0 Å². The van der Waals surface area contributed by atoms with Gasteiger partial charge in [-0.2, -0.15) is 0 Å². The van der Waals surface area contributed by atoms with Gasteiger partial charge < -0.3 is 15.0 Å². The molecule has 0 aromatic rings. The fourth-order valence-corrected chi connectivity index (χ4v) is 3.75. The SMILES string of the molecule is CC(C)CNCC1(CN2CCC(C(C)(C)C)C2)CCOC1. The Morgan fingerprint density at radius 3 is 2.62 bits per heavy atom. The summed E-state index contributed by atoms with van der Waals surface area (Å²) in [5.41, 5.74) is 0.797. The number of nitrogens with zero attached hydrogens (tertiary/aromatic N) is 1. The molecule has 2 aliphatic heterocycles. The molecule has 0 radical (unpaired) electrons. The van der Waals surface area contributed by atoms with Crippen molar-refractivity contribution in [2.75, 3.05) is 45.9 Å². The first-order chi connectivity index (χ1) is 9.81. The van der Waals surface area contributed by atoms with Crippen LogP contribution in [0.5, 0.6) is 0 Å². The van der Waals surface area contributed by atoms with E-state index in [2.05, 4.69) is 44.8 Å². The standard InChI is InChI=1S/C18H36N2O/c1-15(2)10-19-12-18(7-9-21-14-18)13-20-8-6-16(11-20)17(3,4)5/h15-16,19H,6-14H2,1-5H3. The number of hydrogen-bond donors (Lipinski definition) is 1. The minimum atomic E-state index is 0.349. The zero-order valence-electron chi connectivity index (χ0n) is 14.9. The maximum atomic E-state index is 5.76. The summed E-state index contributed by atoms with van der Waals surface area (Å²) in [6.45, 7) is 19.6. The molecule has 2 atom stereocenters. The summed E-state index contributed by atoms with van der Waals surface area (Å²) in [7, 11) is 0. The van der Waals surface area contributed by atoms with Gasteiger partial charge in [0.25, 0.3) is 0 Å². The molecule has 2 aliphatic rings. The minimum Gasteiger partial charge on any atom is -0.381 e. The van der Waals surface area contributed by atoms with Gasteiger partial charge >= 0.3 is 0 Å². The largest absolute Gasteiger partial charge is 0.381 e. The van der Waals surface area contributed by atoms with E-state index in [1.165, 1.54) is 32.5 Å². The molecule has 0 bridgehead atoms. The summed E-state index contributed by atoms with van der Waals surface area (Å²) in [5.74, 6) is 1.57. The Kier molecular flexibility index (Phi) is 5.72. The van der Waals surface area contributed by atoms with Crippen molar-refractivity contribution >= 4 is 0 Å². The van der Waals surface area contributed by atoms with Crippen LogP contribution in [0, 0.1) is 22.7 Å². The first kappa shape index (κ1) is 17.2. The molecule has 2 saturated heterocycles. The monoisotopic (exact) mass is 296 g/mol. The maximum Gasteiger partial charge on any atom is 0.0547 e. The van der Waals surface area contributed by atoms with Gasteiger partial charge in [0.1, 0.15) is 0 Å². The molecule has 0 saturated carbocycles. The smallest absolute Gasteiger partial charge is 0.0547 e. The van der Waals surface area contributed by atoms with Crippen molar-refractivity contribution in [1.82, 2.24) is 10.2 Å². The highest BCUT2D eigenvalue weighted by Gasteiger charge is 2.39. The number of rotatable bonds is 6. The van der Waals surface area contributed by atoms with Gasteiger partial charge in [0, 0.05) is 31.7 Å². The highest BCUT2D eigenvalue weighted by Crippen LogP contribution is 2.36. The van der Waals surface area contributed by atoms with Gasteiger partial charge in [-0.25, -0.2) is 0 Å². The van der Waals surface area contributed by atoms with Crippen molar-refractivity contribution in [3.63, 3.8) is 0 Å². The van der Waals surface area contributed by atoms with Crippen LogP contribution in [0.2, 0.25) is 0 Å². The molecule has 21 heavy (non-hydrogen) atoms. The Morgan fingerprint density at radius 2 is 2.10 bits per heavy atom. The average Bonchev–Trinajstić information content (AvgIpc) is 2.98. The molecule has 2 rings (SSSR count). The average molecular weight is 296 g/mol. The predicted octanol–water partition coefficient (Wildman–Crippen LogP) is 3.01. The van der Waals surface area contributed by atoms with Crippen LogP contribution in [-0.4, -0.2) is 50.8 Å². The molecule has 0 aromatic heterocycles. The zero-order chi connectivity index (χ0) is 15.5. The van der Waals surface area contributed by atoms with E-state index in [1.807, 2.05) is 0 Å². The van der Waals surface area contributed by atoms with Gasteiger partial charge in [0.05, 0.1) is 6.61 Å². The first-order valence-electron chi connectivity index (χ1n) is 8.82. The molecule has 0 amide bonds. The molecule has 0 spiro atoms. The van der Waals surface area contributed by atoms with Crippen molar-refractivity contribution in [2.45, 2.75) is 47.5 Å². The molecule has 124 valence electrons. The van der Waals surface area contributed by atoms with E-state index in [-0.39, 0.29) is 0 Å². The second kappa shape index (κ2) is 6.97. The number of likely N-dealkylation sites (tertiary alicyclic amines) is 1. The first-order valence-corrected chi connectivity index (χ1v) is 8.82. The van der Waals surface area contributed by atoms with E-state index >= 15 is 0 Å². The van der Waals surface area contributed by atoms with Gasteiger partial charge in [-0.1, -0.05) is 34.6 Å². The number of hydrogen-bond acceptors (Lipinski definition) is 3. The molecule has 2 heterocycles. The van der Waals surface area contributed by atoms with Crippen molar-refractivity contribution in [1.29, 1.82) is 0 Å². The normalized spacial score (nSPS) is 31.4. The molecule has 3 heteroatoms. The lowest BCUT2D eigenvalue weighted by molar-refractivity contribution is 0.112. The molecule has 2 unspecified atom stereocenters. The third-order valence-electron chi connectivity index (χ3n) is 5.29. The van der Waals surface area contributed by atoms with Gasteiger partial charge in [-0.05, 0) is 43.2 Å². The van der Waals surface area contributed by atoms with Crippen LogP contribution < -0.4 is 5.32 Å². The van der Waals surface area contributed by atoms with Crippen molar-refractivity contribution < 1.29 is 4.74 Å². The van der Waals surface area contributed by atoms with E-state index in [0.29, 0.717) is 10.8 Å². The summed E-state index contributed by atoms with van der Waals surface area (Å²) >= 11 is 0. The third-order valence-corrected chi connectivity index (χ3v) is 5.29. The number of nitrogens with one attached hydrogen (secondary N) is 1. The van der Waals surface area contributed by atoms with Crippen LogP contribution in [0.15, 0.2) is 0 Å².